The average Bonchev–Trinajstić information content (AvgIpc) is 3.38. The van der Waals surface area contributed by atoms with Gasteiger partial charge in [-0.1, -0.05) is 29.8 Å². The number of carbonyl (C=O) groups is 2. The zero-order chi connectivity index (χ0) is 27.4. The van der Waals surface area contributed by atoms with Crippen LogP contribution >= 0.6 is 11.6 Å². The molecule has 0 radical (unpaired) electrons. The second-order valence-electron chi connectivity index (χ2n) is 9.94. The number of hydrogen-bond acceptors (Lipinski definition) is 6. The van der Waals surface area contributed by atoms with Crippen LogP contribution in [0.25, 0.3) is 0 Å². The van der Waals surface area contributed by atoms with E-state index < -0.39 is 0 Å². The first-order valence-corrected chi connectivity index (χ1v) is 13.5. The second-order valence-corrected chi connectivity index (χ2v) is 10.3. The molecule has 0 aliphatic carbocycles. The summed E-state index contributed by atoms with van der Waals surface area (Å²) in [5.74, 6) is 0.0474. The molecule has 4 aromatic rings. The van der Waals surface area contributed by atoms with E-state index in [0.717, 1.165) is 54.1 Å². The highest BCUT2D eigenvalue weighted by molar-refractivity contribution is 6.33. The maximum absolute atomic E-state index is 12.9. The minimum absolute atomic E-state index is 0.0180. The van der Waals surface area contributed by atoms with Gasteiger partial charge in [0.15, 0.2) is 11.6 Å². The summed E-state index contributed by atoms with van der Waals surface area (Å²) < 4.78 is 1.57. The molecule has 200 valence electrons. The molecule has 8 heteroatoms. The Morgan fingerprint density at radius 3 is 2.23 bits per heavy atom. The van der Waals surface area contributed by atoms with E-state index in [1.807, 2.05) is 60.7 Å². The Hall–Kier alpha value is -3.94. The second kappa shape index (κ2) is 11.8. The van der Waals surface area contributed by atoms with Crippen molar-refractivity contribution in [2.75, 3.05) is 23.3 Å². The molecule has 3 aromatic carbocycles. The molecule has 1 aromatic heterocycles. The Morgan fingerprint density at radius 1 is 0.923 bits per heavy atom. The number of hydrogen-bond donors (Lipinski definition) is 2. The summed E-state index contributed by atoms with van der Waals surface area (Å²) in [6.45, 7) is 1.66. The molecule has 7 nitrogen and oxygen atoms in total. The minimum atomic E-state index is -0.207. The van der Waals surface area contributed by atoms with Crippen molar-refractivity contribution in [3.05, 3.63) is 106 Å². The molecule has 0 spiro atoms. The molecular weight excluding hydrogens is 512 g/mol. The van der Waals surface area contributed by atoms with Crippen LogP contribution in [0.4, 0.5) is 17.1 Å². The summed E-state index contributed by atoms with van der Waals surface area (Å²) in [6, 6.07) is 22.7. The predicted octanol–water partition coefficient (Wildman–Crippen LogP) is 5.63. The molecule has 1 saturated heterocycles. The Kier molecular flexibility index (Phi) is 8.10. The van der Waals surface area contributed by atoms with Crippen molar-refractivity contribution >= 4 is 40.2 Å². The summed E-state index contributed by atoms with van der Waals surface area (Å²) in [7, 11) is 1.75. The van der Waals surface area contributed by atoms with Gasteiger partial charge in [-0.2, -0.15) is 5.10 Å². The van der Waals surface area contributed by atoms with Gasteiger partial charge in [0.1, 0.15) is 5.69 Å². The molecule has 0 saturated carbocycles. The number of anilines is 3. The van der Waals surface area contributed by atoms with Gasteiger partial charge in [0, 0.05) is 56.1 Å². The van der Waals surface area contributed by atoms with Crippen molar-refractivity contribution in [3.8, 4) is 0 Å². The van der Waals surface area contributed by atoms with E-state index in [0.29, 0.717) is 22.7 Å². The van der Waals surface area contributed by atoms with Crippen LogP contribution in [0.5, 0.6) is 0 Å². The van der Waals surface area contributed by atoms with Crippen LogP contribution in [0.3, 0.4) is 0 Å². The first-order valence-electron chi connectivity index (χ1n) is 13.1. The largest absolute Gasteiger partial charge is 0.393 e. The SMILES string of the molecule is Cn1nccc1C(=O)Cc1ccc(Nc2ccc(CC(=O)c3ccc(N4CCC(O)CC4)cc3)cc2)c(Cl)c1. The first-order chi connectivity index (χ1) is 18.9. The summed E-state index contributed by atoms with van der Waals surface area (Å²) in [5, 5.41) is 17.6. The lowest BCUT2D eigenvalue weighted by atomic mass is 10.0. The Balaban J connectivity index is 1.16. The van der Waals surface area contributed by atoms with Gasteiger partial charge in [-0.3, -0.25) is 14.3 Å². The molecule has 5 rings (SSSR count). The monoisotopic (exact) mass is 542 g/mol. The fourth-order valence-electron chi connectivity index (χ4n) is 4.82. The number of Topliss-reactive ketones (excluding diaryl/α,β-unsaturated/α-hetero) is 2. The maximum Gasteiger partial charge on any atom is 0.185 e. The van der Waals surface area contributed by atoms with Crippen LogP contribution in [-0.2, 0) is 19.9 Å². The number of carbonyl (C=O) groups excluding carboxylic acids is 2. The average molecular weight is 543 g/mol. The van der Waals surface area contributed by atoms with Crippen LogP contribution in [0.2, 0.25) is 5.02 Å². The van der Waals surface area contributed by atoms with Crippen LogP contribution in [0.15, 0.2) is 79.0 Å². The fourth-order valence-corrected chi connectivity index (χ4v) is 5.07. The number of aliphatic hydroxyl groups is 1. The van der Waals surface area contributed by atoms with Crippen molar-refractivity contribution in [3.63, 3.8) is 0 Å². The molecule has 0 unspecified atom stereocenters. The van der Waals surface area contributed by atoms with Gasteiger partial charge in [0.05, 0.1) is 16.8 Å². The number of aryl methyl sites for hydroxylation is 1. The van der Waals surface area contributed by atoms with Crippen molar-refractivity contribution in [1.82, 2.24) is 9.78 Å². The van der Waals surface area contributed by atoms with Crippen molar-refractivity contribution in [1.29, 1.82) is 0 Å². The molecule has 1 fully saturated rings. The maximum atomic E-state index is 12.9. The summed E-state index contributed by atoms with van der Waals surface area (Å²) in [5.41, 5.74) is 5.67. The van der Waals surface area contributed by atoms with Gasteiger partial charge in [-0.25, -0.2) is 0 Å². The Morgan fingerprint density at radius 2 is 1.59 bits per heavy atom. The van der Waals surface area contributed by atoms with Crippen molar-refractivity contribution in [2.24, 2.45) is 7.05 Å². The number of halogens is 1. The number of nitrogens with zero attached hydrogens (tertiary/aromatic N) is 3. The predicted molar refractivity (Wildman–Crippen MR) is 154 cm³/mol. The number of nitrogens with one attached hydrogen (secondary N) is 1. The zero-order valence-corrected chi connectivity index (χ0v) is 22.6. The van der Waals surface area contributed by atoms with E-state index in [-0.39, 0.29) is 24.1 Å². The third-order valence-electron chi connectivity index (χ3n) is 7.12. The summed E-state index contributed by atoms with van der Waals surface area (Å²) >= 11 is 6.50. The van der Waals surface area contributed by atoms with Crippen molar-refractivity contribution in [2.45, 2.75) is 31.8 Å². The van der Waals surface area contributed by atoms with Crippen LogP contribution in [0.1, 0.15) is 44.8 Å². The highest BCUT2D eigenvalue weighted by atomic mass is 35.5. The number of benzene rings is 3. The number of ketones is 2. The molecule has 39 heavy (non-hydrogen) atoms. The smallest absolute Gasteiger partial charge is 0.185 e. The van der Waals surface area contributed by atoms with E-state index in [2.05, 4.69) is 15.3 Å². The molecule has 1 aliphatic heterocycles. The number of rotatable bonds is 9. The minimum Gasteiger partial charge on any atom is -0.393 e. The lowest BCUT2D eigenvalue weighted by Gasteiger charge is -2.31. The van der Waals surface area contributed by atoms with Crippen LogP contribution in [-0.4, -0.2) is 45.6 Å². The van der Waals surface area contributed by atoms with E-state index in [1.165, 1.54) is 0 Å². The summed E-state index contributed by atoms with van der Waals surface area (Å²) in [6.07, 6.45) is 3.51. The van der Waals surface area contributed by atoms with Crippen LogP contribution < -0.4 is 10.2 Å². The lowest BCUT2D eigenvalue weighted by Crippen LogP contribution is -2.35. The zero-order valence-electron chi connectivity index (χ0n) is 21.8. The number of aliphatic hydroxyl groups excluding tert-OH is 1. The molecule has 0 atom stereocenters. The van der Waals surface area contributed by atoms with Gasteiger partial charge in [-0.15, -0.1) is 0 Å². The van der Waals surface area contributed by atoms with Crippen molar-refractivity contribution < 1.29 is 14.7 Å². The molecule has 0 bridgehead atoms. The summed E-state index contributed by atoms with van der Waals surface area (Å²) in [4.78, 5) is 27.6. The highest BCUT2D eigenvalue weighted by Gasteiger charge is 2.18. The fraction of sp³-hybridized carbons (Fsp3) is 0.258. The van der Waals surface area contributed by atoms with E-state index in [9.17, 15) is 14.7 Å². The number of piperidine rings is 1. The van der Waals surface area contributed by atoms with Crippen LogP contribution in [0, 0.1) is 0 Å². The Labute approximate surface area is 233 Å². The van der Waals surface area contributed by atoms with Gasteiger partial charge < -0.3 is 15.3 Å². The van der Waals surface area contributed by atoms with E-state index >= 15 is 0 Å². The normalized spacial score (nSPS) is 13.9. The molecule has 0 amide bonds. The molecule has 1 aliphatic rings. The molecule has 2 heterocycles. The molecular formula is C31H31ClN4O3. The van der Waals surface area contributed by atoms with E-state index in [4.69, 9.17) is 11.6 Å². The standard InChI is InChI=1S/C31H31ClN4O3/c1-35-29(12-15-33-35)31(39)20-22-4-11-28(27(32)18-22)34-24-7-2-21(3-8-24)19-30(38)23-5-9-25(10-6-23)36-16-13-26(37)14-17-36/h2-12,15,18,26,34,37H,13-14,16-17,19-20H2,1H3. The Bertz CT molecular complexity index is 1460. The van der Waals surface area contributed by atoms with Gasteiger partial charge in [-0.05, 0) is 78.6 Å². The lowest BCUT2D eigenvalue weighted by molar-refractivity contribution is 0.0979. The third-order valence-corrected chi connectivity index (χ3v) is 7.43. The van der Waals surface area contributed by atoms with Gasteiger partial charge >= 0.3 is 0 Å². The number of aromatic nitrogens is 2. The quantitative estimate of drug-likeness (QED) is 0.267. The van der Waals surface area contributed by atoms with Gasteiger partial charge in [0.2, 0.25) is 0 Å². The van der Waals surface area contributed by atoms with E-state index in [1.54, 1.807) is 30.1 Å². The van der Waals surface area contributed by atoms with Gasteiger partial charge in [0.25, 0.3) is 0 Å². The topological polar surface area (TPSA) is 87.5 Å². The first kappa shape index (κ1) is 26.7. The third kappa shape index (κ3) is 6.56. The molecule has 2 N–H and O–H groups in total. The highest BCUT2D eigenvalue weighted by Crippen LogP contribution is 2.28.